The molecule has 0 aromatic heterocycles. The van der Waals surface area contributed by atoms with E-state index in [2.05, 4.69) is 33.0 Å². The minimum Gasteiger partial charge on any atom is -0.340 e. The van der Waals surface area contributed by atoms with Crippen molar-refractivity contribution in [3.63, 3.8) is 0 Å². The predicted octanol–water partition coefficient (Wildman–Crippen LogP) is 2.72. The van der Waals surface area contributed by atoms with E-state index in [-0.39, 0.29) is 17.9 Å². The molecule has 1 N–H and O–H groups in total. The van der Waals surface area contributed by atoms with Gasteiger partial charge in [0.1, 0.15) is 11.6 Å². The van der Waals surface area contributed by atoms with E-state index < -0.39 is 5.54 Å². The molecule has 4 heteroatoms. The van der Waals surface area contributed by atoms with Gasteiger partial charge in [0, 0.05) is 6.54 Å². The fourth-order valence-electron chi connectivity index (χ4n) is 3.60. The van der Waals surface area contributed by atoms with Crippen LogP contribution in [0, 0.1) is 11.8 Å². The van der Waals surface area contributed by atoms with Gasteiger partial charge in [-0.1, -0.05) is 47.0 Å². The van der Waals surface area contributed by atoms with Crippen LogP contribution in [0.3, 0.4) is 0 Å². The van der Waals surface area contributed by atoms with Crippen LogP contribution in [0.25, 0.3) is 0 Å². The van der Waals surface area contributed by atoms with E-state index in [1.54, 1.807) is 0 Å². The Morgan fingerprint density at radius 3 is 2.38 bits per heavy atom. The van der Waals surface area contributed by atoms with Crippen LogP contribution in [-0.2, 0) is 9.59 Å². The lowest BCUT2D eigenvalue weighted by molar-refractivity contribution is -0.156. The fourth-order valence-corrected chi connectivity index (χ4v) is 3.60. The van der Waals surface area contributed by atoms with Gasteiger partial charge in [-0.25, -0.2) is 0 Å². The molecule has 0 aromatic rings. The predicted molar refractivity (Wildman–Crippen MR) is 83.8 cm³/mol. The maximum Gasteiger partial charge on any atom is 0.249 e. The van der Waals surface area contributed by atoms with E-state index >= 15 is 0 Å². The number of piperazine rings is 1. The molecule has 1 spiro atoms. The maximum absolute atomic E-state index is 13.0. The SMILES string of the molecule is CCC(C)CN1C(=O)C2(CCCC2)NC(=O)C1CC(C)C. The summed E-state index contributed by atoms with van der Waals surface area (Å²) >= 11 is 0. The van der Waals surface area contributed by atoms with Crippen molar-refractivity contribution in [3.8, 4) is 0 Å². The van der Waals surface area contributed by atoms with E-state index in [0.29, 0.717) is 18.4 Å². The standard InChI is InChI=1S/C17H30N2O2/c1-5-13(4)11-19-14(10-12(2)3)15(20)18-17(16(19)21)8-6-7-9-17/h12-14H,5-11H2,1-4H3,(H,18,20). The Morgan fingerprint density at radius 2 is 1.86 bits per heavy atom. The zero-order valence-electron chi connectivity index (χ0n) is 13.9. The summed E-state index contributed by atoms with van der Waals surface area (Å²) in [6.07, 6.45) is 5.49. The fraction of sp³-hybridized carbons (Fsp3) is 0.882. The molecule has 2 atom stereocenters. The number of carbonyl (C=O) groups is 2. The van der Waals surface area contributed by atoms with Crippen LogP contribution in [0.15, 0.2) is 0 Å². The topological polar surface area (TPSA) is 49.4 Å². The van der Waals surface area contributed by atoms with Crippen molar-refractivity contribution in [2.24, 2.45) is 11.8 Å². The van der Waals surface area contributed by atoms with Crippen LogP contribution >= 0.6 is 0 Å². The van der Waals surface area contributed by atoms with Gasteiger partial charge in [0.15, 0.2) is 0 Å². The molecule has 4 nitrogen and oxygen atoms in total. The minimum atomic E-state index is -0.585. The second-order valence-corrected chi connectivity index (χ2v) is 7.39. The van der Waals surface area contributed by atoms with Crippen LogP contribution in [0.2, 0.25) is 0 Å². The van der Waals surface area contributed by atoms with Gasteiger partial charge in [0.2, 0.25) is 11.8 Å². The number of nitrogens with one attached hydrogen (secondary N) is 1. The molecule has 2 amide bonds. The Hall–Kier alpha value is -1.06. The van der Waals surface area contributed by atoms with Crippen molar-refractivity contribution < 1.29 is 9.59 Å². The van der Waals surface area contributed by atoms with Crippen molar-refractivity contribution in [2.75, 3.05) is 6.54 Å². The van der Waals surface area contributed by atoms with Crippen LogP contribution in [0.5, 0.6) is 0 Å². The third-order valence-electron chi connectivity index (χ3n) is 5.07. The highest BCUT2D eigenvalue weighted by atomic mass is 16.2. The summed E-state index contributed by atoms with van der Waals surface area (Å²) in [6, 6.07) is -0.280. The number of hydrogen-bond donors (Lipinski definition) is 1. The van der Waals surface area contributed by atoms with E-state index in [1.165, 1.54) is 0 Å². The molecule has 0 radical (unpaired) electrons. The molecule has 21 heavy (non-hydrogen) atoms. The number of nitrogens with zero attached hydrogens (tertiary/aromatic N) is 1. The number of amides is 2. The molecule has 120 valence electrons. The highest BCUT2D eigenvalue weighted by Crippen LogP contribution is 2.36. The molecule has 2 fully saturated rings. The Bertz CT molecular complexity index is 400. The normalized spacial score (nSPS) is 26.5. The first-order chi connectivity index (χ1) is 9.89. The number of rotatable bonds is 5. The first kappa shape index (κ1) is 16.3. The summed E-state index contributed by atoms with van der Waals surface area (Å²) in [7, 11) is 0. The molecule has 2 unspecified atom stereocenters. The molecule has 2 aliphatic rings. The second-order valence-electron chi connectivity index (χ2n) is 7.39. The van der Waals surface area contributed by atoms with E-state index in [1.807, 2.05) is 4.90 Å². The first-order valence-electron chi connectivity index (χ1n) is 8.52. The molecule has 1 aliphatic heterocycles. The summed E-state index contributed by atoms with van der Waals surface area (Å²) in [5.74, 6) is 1.08. The highest BCUT2D eigenvalue weighted by Gasteiger charge is 2.51. The molecule has 1 aliphatic carbocycles. The van der Waals surface area contributed by atoms with E-state index in [4.69, 9.17) is 0 Å². The summed E-state index contributed by atoms with van der Waals surface area (Å²) in [6.45, 7) is 9.23. The van der Waals surface area contributed by atoms with Gasteiger partial charge < -0.3 is 10.2 Å². The van der Waals surface area contributed by atoms with Gasteiger partial charge in [-0.05, 0) is 31.1 Å². The van der Waals surface area contributed by atoms with Gasteiger partial charge in [-0.15, -0.1) is 0 Å². The zero-order chi connectivity index (χ0) is 15.6. The van der Waals surface area contributed by atoms with Crippen molar-refractivity contribution in [3.05, 3.63) is 0 Å². The molecule has 0 aromatic carbocycles. The maximum atomic E-state index is 13.0. The first-order valence-corrected chi connectivity index (χ1v) is 8.52. The number of carbonyl (C=O) groups excluding carboxylic acids is 2. The molecule has 2 rings (SSSR count). The van der Waals surface area contributed by atoms with Gasteiger partial charge in [-0.3, -0.25) is 9.59 Å². The Labute approximate surface area is 128 Å². The molecule has 1 saturated carbocycles. The largest absolute Gasteiger partial charge is 0.340 e. The van der Waals surface area contributed by atoms with Gasteiger partial charge >= 0.3 is 0 Å². The second kappa shape index (κ2) is 6.37. The lowest BCUT2D eigenvalue weighted by Gasteiger charge is -2.45. The molecular weight excluding hydrogens is 264 g/mol. The summed E-state index contributed by atoms with van der Waals surface area (Å²) < 4.78 is 0. The van der Waals surface area contributed by atoms with Crippen LogP contribution in [-0.4, -0.2) is 34.8 Å². The van der Waals surface area contributed by atoms with Gasteiger partial charge in [0.05, 0.1) is 0 Å². The van der Waals surface area contributed by atoms with E-state index in [9.17, 15) is 9.59 Å². The van der Waals surface area contributed by atoms with Crippen molar-refractivity contribution >= 4 is 11.8 Å². The molecular formula is C17H30N2O2. The summed E-state index contributed by atoms with van der Waals surface area (Å²) in [4.78, 5) is 27.6. The van der Waals surface area contributed by atoms with Crippen LogP contribution in [0.4, 0.5) is 0 Å². The Morgan fingerprint density at radius 1 is 1.24 bits per heavy atom. The summed E-state index contributed by atoms with van der Waals surface area (Å²) in [5.41, 5.74) is -0.585. The molecule has 1 heterocycles. The highest BCUT2D eigenvalue weighted by molar-refractivity contribution is 6.00. The van der Waals surface area contributed by atoms with Crippen molar-refractivity contribution in [1.29, 1.82) is 0 Å². The smallest absolute Gasteiger partial charge is 0.249 e. The minimum absolute atomic E-state index is 0.0634. The third-order valence-corrected chi connectivity index (χ3v) is 5.07. The Balaban J connectivity index is 2.25. The van der Waals surface area contributed by atoms with E-state index in [0.717, 1.165) is 38.5 Å². The molecule has 1 saturated heterocycles. The average molecular weight is 294 g/mol. The lowest BCUT2D eigenvalue weighted by atomic mass is 9.87. The van der Waals surface area contributed by atoms with Crippen LogP contribution < -0.4 is 5.32 Å². The van der Waals surface area contributed by atoms with Gasteiger partial charge in [0.25, 0.3) is 0 Å². The van der Waals surface area contributed by atoms with Crippen LogP contribution in [0.1, 0.15) is 66.2 Å². The van der Waals surface area contributed by atoms with Crippen molar-refractivity contribution in [1.82, 2.24) is 10.2 Å². The lowest BCUT2D eigenvalue weighted by Crippen LogP contribution is -2.70. The quantitative estimate of drug-likeness (QED) is 0.847. The number of hydrogen-bond acceptors (Lipinski definition) is 2. The third kappa shape index (κ3) is 3.24. The summed E-state index contributed by atoms with van der Waals surface area (Å²) in [5, 5.41) is 3.09. The molecule has 0 bridgehead atoms. The monoisotopic (exact) mass is 294 g/mol. The zero-order valence-corrected chi connectivity index (χ0v) is 13.9. The average Bonchev–Trinajstić information content (AvgIpc) is 2.89. The Kier molecular flexibility index (Phi) is 4.95. The van der Waals surface area contributed by atoms with Crippen molar-refractivity contribution in [2.45, 2.75) is 77.8 Å². The van der Waals surface area contributed by atoms with Gasteiger partial charge in [-0.2, -0.15) is 0 Å².